The van der Waals surface area contributed by atoms with Gasteiger partial charge in [-0.15, -0.1) is 0 Å². The van der Waals surface area contributed by atoms with Gasteiger partial charge in [-0.2, -0.15) is 0 Å². The summed E-state index contributed by atoms with van der Waals surface area (Å²) in [6, 6.07) is 54.6. The van der Waals surface area contributed by atoms with E-state index in [0.29, 0.717) is 0 Å². The van der Waals surface area contributed by atoms with Crippen LogP contribution in [-0.2, 0) is 0 Å². The summed E-state index contributed by atoms with van der Waals surface area (Å²) in [5.41, 5.74) is 10.1. The van der Waals surface area contributed by atoms with E-state index in [9.17, 15) is 0 Å². The lowest BCUT2D eigenvalue weighted by Crippen LogP contribution is -2.03. The predicted molar refractivity (Wildman–Crippen MR) is 187 cm³/mol. The average Bonchev–Trinajstić information content (AvgIpc) is 3.74. The summed E-state index contributed by atoms with van der Waals surface area (Å²) in [5.74, 6) is 0. The highest BCUT2D eigenvalue weighted by Crippen LogP contribution is 2.38. The number of hydrogen-bond donors (Lipinski definition) is 0. The van der Waals surface area contributed by atoms with E-state index in [0.717, 1.165) is 33.6 Å². The van der Waals surface area contributed by atoms with Gasteiger partial charge in [-0.05, 0) is 60.7 Å². The monoisotopic (exact) mass is 574 g/mol. The Bertz CT molecular complexity index is 2300. The molecular formula is C41H26N4. The molecule has 0 fully saturated rings. The molecule has 0 radical (unpaired) electrons. The van der Waals surface area contributed by atoms with Gasteiger partial charge in [0.25, 0.3) is 0 Å². The number of fused-ring (bicyclic) bond motifs is 9. The third-order valence-corrected chi connectivity index (χ3v) is 9.26. The van der Waals surface area contributed by atoms with Crippen molar-refractivity contribution >= 4 is 65.5 Å². The Morgan fingerprint density at radius 2 is 0.622 bits per heavy atom. The van der Waals surface area contributed by atoms with Crippen molar-refractivity contribution in [2.75, 3.05) is 0 Å². The average molecular weight is 575 g/mol. The van der Waals surface area contributed by atoms with Crippen molar-refractivity contribution in [3.05, 3.63) is 158 Å². The quantitative estimate of drug-likeness (QED) is 0.206. The zero-order valence-electron chi connectivity index (χ0n) is 24.3. The van der Waals surface area contributed by atoms with Gasteiger partial charge in [0.2, 0.25) is 0 Å². The second-order valence-electron chi connectivity index (χ2n) is 11.7. The molecule has 0 saturated heterocycles. The maximum Gasteiger partial charge on any atom is 0.145 e. The molecule has 0 saturated carbocycles. The molecule has 10 aromatic rings. The lowest BCUT2D eigenvalue weighted by molar-refractivity contribution is 1.08. The molecule has 0 spiro atoms. The van der Waals surface area contributed by atoms with Crippen LogP contribution in [0.4, 0.5) is 0 Å². The van der Waals surface area contributed by atoms with Crippen LogP contribution in [0.1, 0.15) is 0 Å². The fourth-order valence-electron chi connectivity index (χ4n) is 7.43. The summed E-state index contributed by atoms with van der Waals surface area (Å²) >= 11 is 0. The van der Waals surface area contributed by atoms with E-state index < -0.39 is 0 Å². The van der Waals surface area contributed by atoms with Crippen molar-refractivity contribution in [3.63, 3.8) is 0 Å². The fraction of sp³-hybridized carbons (Fsp3) is 0. The van der Waals surface area contributed by atoms with Crippen LogP contribution in [0.2, 0.25) is 0 Å². The molecule has 0 aliphatic rings. The predicted octanol–water partition coefficient (Wildman–Crippen LogP) is 10.4. The van der Waals surface area contributed by atoms with Crippen LogP contribution in [0.3, 0.4) is 0 Å². The number of nitrogens with zero attached hydrogens (tertiary/aromatic N) is 4. The molecule has 6 aromatic carbocycles. The second-order valence-corrected chi connectivity index (χ2v) is 11.7. The van der Waals surface area contributed by atoms with Gasteiger partial charge in [0.1, 0.15) is 5.65 Å². The van der Waals surface area contributed by atoms with Gasteiger partial charge >= 0.3 is 0 Å². The molecule has 0 unspecified atom stereocenters. The van der Waals surface area contributed by atoms with Crippen molar-refractivity contribution < 1.29 is 0 Å². The standard InChI is InChI=1S/C41H26N4/c1-6-18-36-30(12-1)31-13-2-7-19-37(31)43(36)27-24-28(44-38-20-8-3-14-32(38)33-15-4-9-21-39(33)44)26-29(25-27)45-40-22-10-5-16-34(40)35-17-11-23-42-41(35)45/h1-26H. The summed E-state index contributed by atoms with van der Waals surface area (Å²) in [5, 5.41) is 7.33. The molecule has 0 aliphatic carbocycles. The Balaban J connectivity index is 1.38. The molecule has 10 rings (SSSR count). The van der Waals surface area contributed by atoms with Crippen molar-refractivity contribution in [2.45, 2.75) is 0 Å². The van der Waals surface area contributed by atoms with Crippen molar-refractivity contribution in [1.82, 2.24) is 18.7 Å². The van der Waals surface area contributed by atoms with E-state index in [4.69, 9.17) is 4.98 Å². The van der Waals surface area contributed by atoms with Gasteiger partial charge in [-0.25, -0.2) is 4.98 Å². The SMILES string of the molecule is c1ccc2c(c1)c1ccccc1n2-c1cc(-n2c3ccccc3c3ccccc32)cc(-n2c3ccccc3c3cccnc32)c1. The van der Waals surface area contributed by atoms with Gasteiger partial charge in [0.05, 0.1) is 44.6 Å². The third kappa shape index (κ3) is 3.39. The maximum absolute atomic E-state index is 4.93. The molecule has 0 amide bonds. The van der Waals surface area contributed by atoms with Gasteiger partial charge in [0, 0.05) is 38.5 Å². The Kier molecular flexibility index (Phi) is 4.96. The molecule has 0 atom stereocenters. The molecule has 210 valence electrons. The number of aromatic nitrogens is 4. The molecule has 0 bridgehead atoms. The van der Waals surface area contributed by atoms with Crippen LogP contribution >= 0.6 is 0 Å². The minimum absolute atomic E-state index is 0.950. The summed E-state index contributed by atoms with van der Waals surface area (Å²) in [6.07, 6.45) is 1.89. The first kappa shape index (κ1) is 24.3. The van der Waals surface area contributed by atoms with E-state index in [-0.39, 0.29) is 0 Å². The minimum atomic E-state index is 0.950. The van der Waals surface area contributed by atoms with Crippen LogP contribution in [0.5, 0.6) is 0 Å². The Morgan fingerprint density at radius 3 is 1.04 bits per heavy atom. The summed E-state index contributed by atoms with van der Waals surface area (Å²) in [4.78, 5) is 4.93. The van der Waals surface area contributed by atoms with E-state index >= 15 is 0 Å². The van der Waals surface area contributed by atoms with Gasteiger partial charge in [0.15, 0.2) is 0 Å². The largest absolute Gasteiger partial charge is 0.309 e. The smallest absolute Gasteiger partial charge is 0.145 e. The second kappa shape index (κ2) is 9.18. The Labute approximate surface area is 258 Å². The minimum Gasteiger partial charge on any atom is -0.309 e. The number of rotatable bonds is 3. The molecule has 4 nitrogen and oxygen atoms in total. The normalized spacial score (nSPS) is 12.0. The van der Waals surface area contributed by atoms with Gasteiger partial charge in [-0.1, -0.05) is 91.0 Å². The molecular weight excluding hydrogens is 548 g/mol. The van der Waals surface area contributed by atoms with Crippen LogP contribution < -0.4 is 0 Å². The maximum atomic E-state index is 4.93. The van der Waals surface area contributed by atoms with Crippen LogP contribution in [0.15, 0.2) is 158 Å². The topological polar surface area (TPSA) is 27.7 Å². The molecule has 4 heteroatoms. The molecule has 4 heterocycles. The number of benzene rings is 6. The van der Waals surface area contributed by atoms with Crippen molar-refractivity contribution in [3.8, 4) is 17.1 Å². The fourth-order valence-corrected chi connectivity index (χ4v) is 7.43. The van der Waals surface area contributed by atoms with Gasteiger partial charge < -0.3 is 9.13 Å². The first-order chi connectivity index (χ1) is 22.3. The van der Waals surface area contributed by atoms with E-state index in [1.54, 1.807) is 0 Å². The molecule has 45 heavy (non-hydrogen) atoms. The first-order valence-electron chi connectivity index (χ1n) is 15.3. The Morgan fingerprint density at radius 1 is 0.311 bits per heavy atom. The third-order valence-electron chi connectivity index (χ3n) is 9.26. The number of pyridine rings is 1. The first-order valence-corrected chi connectivity index (χ1v) is 15.3. The number of hydrogen-bond acceptors (Lipinski definition) is 1. The lowest BCUT2D eigenvalue weighted by Gasteiger charge is -2.17. The Hall–Kier alpha value is -6.13. The van der Waals surface area contributed by atoms with Crippen LogP contribution in [0.25, 0.3) is 82.6 Å². The van der Waals surface area contributed by atoms with Crippen LogP contribution in [0, 0.1) is 0 Å². The zero-order chi connectivity index (χ0) is 29.5. The van der Waals surface area contributed by atoms with Crippen molar-refractivity contribution in [2.24, 2.45) is 0 Å². The zero-order valence-corrected chi connectivity index (χ0v) is 24.3. The summed E-state index contributed by atoms with van der Waals surface area (Å²) in [7, 11) is 0. The summed E-state index contributed by atoms with van der Waals surface area (Å²) < 4.78 is 7.14. The van der Waals surface area contributed by atoms with E-state index in [1.807, 2.05) is 12.3 Å². The highest BCUT2D eigenvalue weighted by molar-refractivity contribution is 6.11. The van der Waals surface area contributed by atoms with Crippen molar-refractivity contribution in [1.29, 1.82) is 0 Å². The summed E-state index contributed by atoms with van der Waals surface area (Å²) in [6.45, 7) is 0. The number of para-hydroxylation sites is 5. The molecule has 0 aliphatic heterocycles. The van der Waals surface area contributed by atoms with E-state index in [1.165, 1.54) is 49.0 Å². The molecule has 4 aromatic heterocycles. The van der Waals surface area contributed by atoms with Crippen LogP contribution in [-0.4, -0.2) is 18.7 Å². The highest BCUT2D eigenvalue weighted by Gasteiger charge is 2.19. The highest BCUT2D eigenvalue weighted by atomic mass is 15.1. The molecule has 0 N–H and O–H groups in total. The van der Waals surface area contributed by atoms with E-state index in [2.05, 4.69) is 159 Å². The lowest BCUT2D eigenvalue weighted by atomic mass is 10.2. The van der Waals surface area contributed by atoms with Gasteiger partial charge in [-0.3, -0.25) is 4.57 Å².